The summed E-state index contributed by atoms with van der Waals surface area (Å²) in [5.41, 5.74) is 0. The van der Waals surface area contributed by atoms with Crippen LogP contribution in [0.5, 0.6) is 0 Å². The third kappa shape index (κ3) is 4.07. The number of amides is 1. The molecule has 0 spiro atoms. The number of ether oxygens (including phenoxy) is 1. The van der Waals surface area contributed by atoms with Crippen molar-refractivity contribution in [2.24, 2.45) is 0 Å². The minimum absolute atomic E-state index is 0.0215. The minimum Gasteiger partial charge on any atom is -0.467 e. The highest BCUT2D eigenvalue weighted by atomic mass is 28.4. The fraction of sp³-hybridized carbons (Fsp3) is 0.867. The number of likely N-dealkylation sites (tertiary alicyclic amines) is 1. The zero-order valence-corrected chi connectivity index (χ0v) is 15.4. The fourth-order valence-corrected chi connectivity index (χ4v) is 3.67. The first-order valence-electron chi connectivity index (χ1n) is 7.58. The molecule has 1 heterocycles. The van der Waals surface area contributed by atoms with Crippen LogP contribution in [0.2, 0.25) is 18.1 Å². The van der Waals surface area contributed by atoms with Gasteiger partial charge in [-0.3, -0.25) is 4.79 Å². The summed E-state index contributed by atoms with van der Waals surface area (Å²) in [6.07, 6.45) is 0.844. The van der Waals surface area contributed by atoms with Crippen molar-refractivity contribution >= 4 is 20.2 Å². The molecule has 1 fully saturated rings. The van der Waals surface area contributed by atoms with Gasteiger partial charge in [-0.05, 0) is 18.1 Å². The molecule has 1 aliphatic rings. The van der Waals surface area contributed by atoms with Gasteiger partial charge in [-0.15, -0.1) is 0 Å². The Labute approximate surface area is 129 Å². The predicted molar refractivity (Wildman–Crippen MR) is 84.5 cm³/mol. The molecule has 0 aromatic heterocycles. The third-order valence-electron chi connectivity index (χ3n) is 4.63. The van der Waals surface area contributed by atoms with Crippen LogP contribution >= 0.6 is 0 Å². The first-order chi connectivity index (χ1) is 9.53. The zero-order valence-electron chi connectivity index (χ0n) is 14.4. The topological polar surface area (TPSA) is 55.8 Å². The van der Waals surface area contributed by atoms with Gasteiger partial charge in [-0.25, -0.2) is 4.79 Å². The second-order valence-corrected chi connectivity index (χ2v) is 11.9. The second kappa shape index (κ2) is 6.48. The number of carbonyl (C=O) groups is 2. The molecule has 1 rings (SSSR count). The van der Waals surface area contributed by atoms with Gasteiger partial charge in [0.05, 0.1) is 13.2 Å². The van der Waals surface area contributed by atoms with E-state index >= 15 is 0 Å². The molecule has 0 aromatic carbocycles. The maximum absolute atomic E-state index is 12.0. The van der Waals surface area contributed by atoms with Crippen LogP contribution < -0.4 is 0 Å². The Balaban J connectivity index is 2.85. The summed E-state index contributed by atoms with van der Waals surface area (Å²) in [5.74, 6) is -0.370. The van der Waals surface area contributed by atoms with E-state index in [1.807, 2.05) is 0 Å². The summed E-state index contributed by atoms with van der Waals surface area (Å²) in [6.45, 7) is 13.2. The molecular formula is C15H29NO4Si. The van der Waals surface area contributed by atoms with Crippen molar-refractivity contribution in [3.8, 4) is 0 Å². The standard InChI is InChI=1S/C15H29NO4Si/c1-8-13(17)16-10-11(9-12(16)14(18)19-5)20-21(6,7)15(2,3)4/h11-12H,8-10H2,1-7H3/t11?,12-/m0/s1. The lowest BCUT2D eigenvalue weighted by Crippen LogP contribution is -2.44. The van der Waals surface area contributed by atoms with Crippen molar-refractivity contribution < 1.29 is 18.8 Å². The Morgan fingerprint density at radius 3 is 2.29 bits per heavy atom. The number of rotatable bonds is 4. The number of esters is 1. The highest BCUT2D eigenvalue weighted by molar-refractivity contribution is 6.74. The lowest BCUT2D eigenvalue weighted by atomic mass is 10.2. The molecule has 5 nitrogen and oxygen atoms in total. The van der Waals surface area contributed by atoms with Crippen LogP contribution in [-0.4, -0.2) is 50.9 Å². The number of carbonyl (C=O) groups excluding carboxylic acids is 2. The van der Waals surface area contributed by atoms with Crippen LogP contribution in [0.25, 0.3) is 0 Å². The van der Waals surface area contributed by atoms with E-state index in [1.54, 1.807) is 11.8 Å². The second-order valence-electron chi connectivity index (χ2n) is 7.17. The van der Waals surface area contributed by atoms with E-state index in [1.165, 1.54) is 7.11 Å². The van der Waals surface area contributed by atoms with Crippen molar-refractivity contribution in [3.63, 3.8) is 0 Å². The molecule has 0 bridgehead atoms. The van der Waals surface area contributed by atoms with Crippen LogP contribution in [0.3, 0.4) is 0 Å². The molecule has 1 saturated heterocycles. The van der Waals surface area contributed by atoms with Crippen molar-refractivity contribution in [1.82, 2.24) is 4.90 Å². The molecule has 1 amide bonds. The average molecular weight is 315 g/mol. The molecule has 0 radical (unpaired) electrons. The molecule has 2 atom stereocenters. The maximum atomic E-state index is 12.0. The van der Waals surface area contributed by atoms with Crippen LogP contribution in [0.15, 0.2) is 0 Å². The van der Waals surface area contributed by atoms with Crippen LogP contribution in [-0.2, 0) is 18.8 Å². The van der Waals surface area contributed by atoms with E-state index in [4.69, 9.17) is 9.16 Å². The molecule has 122 valence electrons. The van der Waals surface area contributed by atoms with Gasteiger partial charge in [-0.2, -0.15) is 0 Å². The number of nitrogens with zero attached hydrogens (tertiary/aromatic N) is 1. The van der Waals surface area contributed by atoms with Crippen molar-refractivity contribution in [2.45, 2.75) is 70.8 Å². The molecule has 0 aliphatic carbocycles. The molecule has 1 aliphatic heterocycles. The van der Waals surface area contributed by atoms with Gasteiger partial charge in [-0.1, -0.05) is 27.7 Å². The lowest BCUT2D eigenvalue weighted by Gasteiger charge is -2.38. The Morgan fingerprint density at radius 1 is 1.29 bits per heavy atom. The molecule has 0 N–H and O–H groups in total. The van der Waals surface area contributed by atoms with Crippen LogP contribution in [0, 0.1) is 0 Å². The summed E-state index contributed by atoms with van der Waals surface area (Å²) in [4.78, 5) is 25.5. The molecule has 0 saturated carbocycles. The molecule has 0 aromatic rings. The summed E-state index contributed by atoms with van der Waals surface area (Å²) in [7, 11) is -0.549. The van der Waals surface area contributed by atoms with E-state index in [0.717, 1.165) is 0 Å². The number of methoxy groups -OCH3 is 1. The largest absolute Gasteiger partial charge is 0.467 e. The summed E-state index contributed by atoms with van der Waals surface area (Å²) < 4.78 is 11.2. The zero-order chi connectivity index (χ0) is 16.4. The van der Waals surface area contributed by atoms with Crippen molar-refractivity contribution in [2.75, 3.05) is 13.7 Å². The first kappa shape index (κ1) is 18.2. The lowest BCUT2D eigenvalue weighted by molar-refractivity contribution is -0.150. The van der Waals surface area contributed by atoms with Crippen molar-refractivity contribution in [3.05, 3.63) is 0 Å². The van der Waals surface area contributed by atoms with Gasteiger partial charge >= 0.3 is 5.97 Å². The predicted octanol–water partition coefficient (Wildman–Crippen LogP) is 2.56. The highest BCUT2D eigenvalue weighted by Gasteiger charge is 2.45. The smallest absolute Gasteiger partial charge is 0.328 e. The number of hydrogen-bond acceptors (Lipinski definition) is 4. The maximum Gasteiger partial charge on any atom is 0.328 e. The monoisotopic (exact) mass is 315 g/mol. The highest BCUT2D eigenvalue weighted by Crippen LogP contribution is 2.39. The first-order valence-corrected chi connectivity index (χ1v) is 10.5. The molecule has 6 heteroatoms. The van der Waals surface area contributed by atoms with E-state index in [-0.39, 0.29) is 23.0 Å². The summed E-state index contributed by atoms with van der Waals surface area (Å²) in [6, 6.07) is -0.503. The quantitative estimate of drug-likeness (QED) is 0.591. The molecular weight excluding hydrogens is 286 g/mol. The van der Waals surface area contributed by atoms with Gasteiger partial charge in [0.2, 0.25) is 5.91 Å². The molecule has 21 heavy (non-hydrogen) atoms. The minimum atomic E-state index is -1.91. The Hall–Kier alpha value is -0.883. The van der Waals surface area contributed by atoms with Crippen molar-refractivity contribution in [1.29, 1.82) is 0 Å². The van der Waals surface area contributed by atoms with E-state index in [0.29, 0.717) is 19.4 Å². The Bertz CT molecular complexity index is 379. The third-order valence-corrected chi connectivity index (χ3v) is 9.16. The van der Waals surface area contributed by atoms with E-state index in [9.17, 15) is 9.59 Å². The summed E-state index contributed by atoms with van der Waals surface area (Å²) >= 11 is 0. The van der Waals surface area contributed by atoms with E-state index < -0.39 is 14.4 Å². The average Bonchev–Trinajstić information content (AvgIpc) is 2.78. The van der Waals surface area contributed by atoms with Gasteiger partial charge < -0.3 is 14.1 Å². The van der Waals surface area contributed by atoms with Crippen LogP contribution in [0.4, 0.5) is 0 Å². The normalized spacial score (nSPS) is 23.3. The Kier molecular flexibility index (Phi) is 5.61. The fourth-order valence-electron chi connectivity index (χ4n) is 2.31. The van der Waals surface area contributed by atoms with Gasteiger partial charge in [0, 0.05) is 19.4 Å². The van der Waals surface area contributed by atoms with Gasteiger partial charge in [0.15, 0.2) is 8.32 Å². The molecule has 1 unspecified atom stereocenters. The van der Waals surface area contributed by atoms with Gasteiger partial charge in [0.25, 0.3) is 0 Å². The number of hydrogen-bond donors (Lipinski definition) is 0. The SMILES string of the molecule is CCC(=O)N1CC(O[Si](C)(C)C(C)(C)C)C[C@H]1C(=O)OC. The Morgan fingerprint density at radius 2 is 1.86 bits per heavy atom. The van der Waals surface area contributed by atoms with E-state index in [2.05, 4.69) is 33.9 Å². The van der Waals surface area contributed by atoms with Gasteiger partial charge in [0.1, 0.15) is 6.04 Å². The summed E-state index contributed by atoms with van der Waals surface area (Å²) in [5, 5.41) is 0.107. The van der Waals surface area contributed by atoms with Crippen LogP contribution in [0.1, 0.15) is 40.5 Å².